The molecule has 0 aliphatic carbocycles. The van der Waals surface area contributed by atoms with Crippen LogP contribution in [-0.4, -0.2) is 37.1 Å². The van der Waals surface area contributed by atoms with Gasteiger partial charge in [0.05, 0.1) is 41.0 Å². The lowest BCUT2D eigenvalue weighted by molar-refractivity contribution is -0.384. The summed E-state index contributed by atoms with van der Waals surface area (Å²) < 4.78 is 5.33. The third-order valence-corrected chi connectivity index (χ3v) is 4.30. The minimum atomic E-state index is -0.518. The van der Waals surface area contributed by atoms with Gasteiger partial charge in [-0.05, 0) is 23.8 Å². The number of nitrogens with one attached hydrogen (secondary N) is 1. The second-order valence-corrected chi connectivity index (χ2v) is 6.05. The molecule has 1 heterocycles. The van der Waals surface area contributed by atoms with Crippen LogP contribution in [0.15, 0.2) is 42.5 Å². The average molecular weight is 366 g/mol. The van der Waals surface area contributed by atoms with E-state index in [0.29, 0.717) is 37.6 Å². The molecular weight excluding hydrogens is 348 g/mol. The summed E-state index contributed by atoms with van der Waals surface area (Å²) in [7, 11) is 0. The Morgan fingerprint density at radius 3 is 2.74 bits per heavy atom. The Hall–Kier alpha value is -3.44. The zero-order valence-corrected chi connectivity index (χ0v) is 14.6. The number of rotatable bonds is 5. The Kier molecular flexibility index (Phi) is 5.64. The van der Waals surface area contributed by atoms with Crippen molar-refractivity contribution in [1.29, 1.82) is 5.26 Å². The lowest BCUT2D eigenvalue weighted by Crippen LogP contribution is -2.38. The number of benzene rings is 2. The lowest BCUT2D eigenvalue weighted by Gasteiger charge is -2.30. The summed E-state index contributed by atoms with van der Waals surface area (Å²) in [5.74, 6) is -0.400. The Balaban J connectivity index is 1.83. The Labute approximate surface area is 156 Å². The molecule has 1 aliphatic rings. The van der Waals surface area contributed by atoms with E-state index in [1.165, 1.54) is 12.1 Å². The lowest BCUT2D eigenvalue weighted by atomic mass is 10.1. The largest absolute Gasteiger partial charge is 0.378 e. The molecule has 1 fully saturated rings. The van der Waals surface area contributed by atoms with Crippen LogP contribution in [0.25, 0.3) is 0 Å². The Morgan fingerprint density at radius 2 is 2.04 bits per heavy atom. The van der Waals surface area contributed by atoms with Gasteiger partial charge in [0.25, 0.3) is 11.6 Å². The van der Waals surface area contributed by atoms with Crippen molar-refractivity contribution in [1.82, 2.24) is 5.32 Å². The summed E-state index contributed by atoms with van der Waals surface area (Å²) >= 11 is 0. The first-order chi connectivity index (χ1) is 13.1. The van der Waals surface area contributed by atoms with E-state index in [4.69, 9.17) is 10.00 Å². The van der Waals surface area contributed by atoms with Crippen LogP contribution in [-0.2, 0) is 11.3 Å². The molecule has 1 amide bonds. The number of anilines is 1. The molecule has 1 N–H and O–H groups in total. The van der Waals surface area contributed by atoms with E-state index in [1.54, 1.807) is 30.3 Å². The van der Waals surface area contributed by atoms with Crippen LogP contribution < -0.4 is 10.2 Å². The highest BCUT2D eigenvalue weighted by atomic mass is 16.6. The fourth-order valence-corrected chi connectivity index (χ4v) is 2.93. The monoisotopic (exact) mass is 366 g/mol. The molecule has 0 aromatic heterocycles. The van der Waals surface area contributed by atoms with Gasteiger partial charge in [-0.1, -0.05) is 12.1 Å². The van der Waals surface area contributed by atoms with Crippen LogP contribution in [0.2, 0.25) is 0 Å². The Morgan fingerprint density at radius 1 is 1.26 bits per heavy atom. The van der Waals surface area contributed by atoms with Crippen LogP contribution in [0.5, 0.6) is 0 Å². The van der Waals surface area contributed by atoms with Gasteiger partial charge >= 0.3 is 0 Å². The van der Waals surface area contributed by atoms with E-state index < -0.39 is 10.8 Å². The van der Waals surface area contributed by atoms with E-state index >= 15 is 0 Å². The van der Waals surface area contributed by atoms with Crippen molar-refractivity contribution >= 4 is 17.3 Å². The number of ether oxygens (including phenoxy) is 1. The van der Waals surface area contributed by atoms with Gasteiger partial charge in [-0.15, -0.1) is 0 Å². The van der Waals surface area contributed by atoms with Gasteiger partial charge in [0, 0.05) is 31.8 Å². The highest BCUT2D eigenvalue weighted by Crippen LogP contribution is 2.26. The molecule has 27 heavy (non-hydrogen) atoms. The number of carbonyl (C=O) groups is 1. The molecule has 2 aromatic rings. The number of nitrogens with zero attached hydrogens (tertiary/aromatic N) is 3. The number of nitro groups is 1. The maximum absolute atomic E-state index is 12.8. The van der Waals surface area contributed by atoms with Gasteiger partial charge in [0.15, 0.2) is 0 Å². The highest BCUT2D eigenvalue weighted by Gasteiger charge is 2.22. The van der Waals surface area contributed by atoms with Crippen LogP contribution in [0.4, 0.5) is 11.4 Å². The molecule has 1 saturated heterocycles. The number of carbonyl (C=O) groups excluding carboxylic acids is 1. The zero-order chi connectivity index (χ0) is 19.2. The summed E-state index contributed by atoms with van der Waals surface area (Å²) in [6.45, 7) is 2.53. The van der Waals surface area contributed by atoms with Crippen LogP contribution in [0, 0.1) is 21.4 Å². The number of non-ortho nitro benzene ring substituents is 1. The van der Waals surface area contributed by atoms with Crippen molar-refractivity contribution in [2.45, 2.75) is 6.54 Å². The first-order valence-corrected chi connectivity index (χ1v) is 8.47. The molecule has 0 bridgehead atoms. The molecule has 0 unspecified atom stereocenters. The van der Waals surface area contributed by atoms with Crippen molar-refractivity contribution < 1.29 is 14.5 Å². The van der Waals surface area contributed by atoms with Crippen molar-refractivity contribution in [3.8, 4) is 6.07 Å². The number of nitro benzene ring substituents is 1. The standard InChI is InChI=1S/C19H18N4O4/c20-12-14-2-1-3-15(10-14)13-21-19(24)17-11-16(23(25)26)4-5-18(17)22-6-8-27-9-7-22/h1-5,10-11H,6-9,13H2,(H,21,24). The summed E-state index contributed by atoms with van der Waals surface area (Å²) in [5.41, 5.74) is 2.05. The predicted octanol–water partition coefficient (Wildman–Crippen LogP) is 2.23. The van der Waals surface area contributed by atoms with Gasteiger partial charge in [0.2, 0.25) is 0 Å². The van der Waals surface area contributed by atoms with Gasteiger partial charge in [-0.3, -0.25) is 14.9 Å². The van der Waals surface area contributed by atoms with Crippen molar-refractivity contribution in [2.75, 3.05) is 31.2 Å². The Bertz CT molecular complexity index is 901. The van der Waals surface area contributed by atoms with E-state index in [2.05, 4.69) is 11.4 Å². The molecule has 0 saturated carbocycles. The van der Waals surface area contributed by atoms with Gasteiger partial charge in [0.1, 0.15) is 0 Å². The average Bonchev–Trinajstić information content (AvgIpc) is 2.72. The number of amides is 1. The van der Waals surface area contributed by atoms with Gasteiger partial charge in [-0.2, -0.15) is 5.26 Å². The van der Waals surface area contributed by atoms with Crippen LogP contribution in [0.1, 0.15) is 21.5 Å². The molecule has 1 aliphatic heterocycles. The molecule has 2 aromatic carbocycles. The number of hydrogen-bond donors (Lipinski definition) is 1. The minimum Gasteiger partial charge on any atom is -0.378 e. The van der Waals surface area contributed by atoms with Crippen LogP contribution >= 0.6 is 0 Å². The van der Waals surface area contributed by atoms with Gasteiger partial charge < -0.3 is 15.0 Å². The highest BCUT2D eigenvalue weighted by molar-refractivity contribution is 6.00. The minimum absolute atomic E-state index is 0.136. The topological polar surface area (TPSA) is 108 Å². The van der Waals surface area contributed by atoms with E-state index in [0.717, 1.165) is 5.56 Å². The van der Waals surface area contributed by atoms with Crippen molar-refractivity contribution in [2.24, 2.45) is 0 Å². The van der Waals surface area contributed by atoms with Gasteiger partial charge in [-0.25, -0.2) is 0 Å². The number of hydrogen-bond acceptors (Lipinski definition) is 6. The third kappa shape index (κ3) is 4.40. The number of morpholine rings is 1. The normalized spacial score (nSPS) is 13.7. The molecule has 8 heteroatoms. The fourth-order valence-electron chi connectivity index (χ4n) is 2.93. The van der Waals surface area contributed by atoms with Crippen molar-refractivity contribution in [3.63, 3.8) is 0 Å². The zero-order valence-electron chi connectivity index (χ0n) is 14.6. The molecule has 138 valence electrons. The molecular formula is C19H18N4O4. The summed E-state index contributed by atoms with van der Waals surface area (Å²) in [5, 5.41) is 22.9. The second kappa shape index (κ2) is 8.29. The smallest absolute Gasteiger partial charge is 0.270 e. The first kappa shape index (κ1) is 18.4. The second-order valence-electron chi connectivity index (χ2n) is 6.05. The predicted molar refractivity (Wildman–Crippen MR) is 98.5 cm³/mol. The SMILES string of the molecule is N#Cc1cccc(CNC(=O)c2cc([N+](=O)[O-])ccc2N2CCOCC2)c1. The summed E-state index contributed by atoms with van der Waals surface area (Å²) in [6, 6.07) is 13.3. The van der Waals surface area contributed by atoms with Crippen molar-refractivity contribution in [3.05, 3.63) is 69.3 Å². The molecule has 0 radical (unpaired) electrons. The first-order valence-electron chi connectivity index (χ1n) is 8.47. The van der Waals surface area contributed by atoms with E-state index in [9.17, 15) is 14.9 Å². The van der Waals surface area contributed by atoms with E-state index in [1.807, 2.05) is 4.90 Å². The van der Waals surface area contributed by atoms with Crippen LogP contribution in [0.3, 0.4) is 0 Å². The molecule has 8 nitrogen and oxygen atoms in total. The summed E-state index contributed by atoms with van der Waals surface area (Å²) in [4.78, 5) is 25.3. The molecule has 0 spiro atoms. The molecule has 3 rings (SSSR count). The van der Waals surface area contributed by atoms with E-state index in [-0.39, 0.29) is 17.8 Å². The maximum Gasteiger partial charge on any atom is 0.270 e. The fraction of sp³-hybridized carbons (Fsp3) is 0.263. The quantitative estimate of drug-likeness (QED) is 0.642. The maximum atomic E-state index is 12.8. The third-order valence-electron chi connectivity index (χ3n) is 4.30. The number of nitriles is 1. The molecule has 0 atom stereocenters. The summed E-state index contributed by atoms with van der Waals surface area (Å²) in [6.07, 6.45) is 0.